The van der Waals surface area contributed by atoms with Crippen LogP contribution in [-0.4, -0.2) is 11.4 Å². The standard InChI is InChI=1S/C14H16Br2N2OS/c1-2-9-3-5-14(8-17,6-4-9)18-13(19)11-7-10(15)12(16)20-11/h7,9H,2-6H2,1H3,(H,18,19). The summed E-state index contributed by atoms with van der Waals surface area (Å²) in [6.45, 7) is 2.18. The molecule has 0 atom stereocenters. The SMILES string of the molecule is CCC1CCC(C#N)(NC(=O)c2cc(Br)c(Br)s2)CC1. The van der Waals surface area contributed by atoms with E-state index in [4.69, 9.17) is 0 Å². The minimum atomic E-state index is -0.689. The molecule has 0 aromatic carbocycles. The maximum absolute atomic E-state index is 12.3. The van der Waals surface area contributed by atoms with Gasteiger partial charge in [-0.25, -0.2) is 0 Å². The molecule has 1 fully saturated rings. The summed E-state index contributed by atoms with van der Waals surface area (Å²) in [5.41, 5.74) is -0.689. The number of carbonyl (C=O) groups excluding carboxylic acids is 1. The van der Waals surface area contributed by atoms with E-state index in [1.54, 1.807) is 6.07 Å². The molecular weight excluding hydrogens is 404 g/mol. The lowest BCUT2D eigenvalue weighted by Gasteiger charge is -2.35. The Balaban J connectivity index is 2.07. The van der Waals surface area contributed by atoms with E-state index >= 15 is 0 Å². The molecule has 0 unspecified atom stereocenters. The van der Waals surface area contributed by atoms with Crippen LogP contribution in [0.25, 0.3) is 0 Å². The number of nitrogens with zero attached hydrogens (tertiary/aromatic N) is 1. The first-order valence-electron chi connectivity index (χ1n) is 6.68. The van der Waals surface area contributed by atoms with Crippen LogP contribution in [-0.2, 0) is 0 Å². The Bertz CT molecular complexity index is 522. The third-order valence-corrected chi connectivity index (χ3v) is 7.23. The fourth-order valence-corrected chi connectivity index (χ4v) is 4.51. The lowest BCUT2D eigenvalue weighted by Crippen LogP contribution is -2.49. The Kier molecular flexibility index (Phi) is 5.27. The summed E-state index contributed by atoms with van der Waals surface area (Å²) in [5.74, 6) is 0.538. The summed E-state index contributed by atoms with van der Waals surface area (Å²) < 4.78 is 1.76. The van der Waals surface area contributed by atoms with Crippen molar-refractivity contribution < 1.29 is 4.79 Å². The molecule has 1 amide bonds. The minimum absolute atomic E-state index is 0.155. The van der Waals surface area contributed by atoms with Gasteiger partial charge < -0.3 is 5.32 Å². The summed E-state index contributed by atoms with van der Waals surface area (Å²) in [5, 5.41) is 12.4. The second-order valence-corrected chi connectivity index (χ2v) is 8.46. The van der Waals surface area contributed by atoms with Crippen molar-refractivity contribution in [2.45, 2.75) is 44.6 Å². The van der Waals surface area contributed by atoms with Crippen LogP contribution in [0.5, 0.6) is 0 Å². The van der Waals surface area contributed by atoms with E-state index in [1.165, 1.54) is 11.3 Å². The number of hydrogen-bond donors (Lipinski definition) is 1. The lowest BCUT2D eigenvalue weighted by atomic mass is 9.76. The summed E-state index contributed by atoms with van der Waals surface area (Å²) in [6.07, 6.45) is 4.69. The van der Waals surface area contributed by atoms with E-state index in [2.05, 4.69) is 50.2 Å². The van der Waals surface area contributed by atoms with Gasteiger partial charge in [0, 0.05) is 4.47 Å². The summed E-state index contributed by atoms with van der Waals surface area (Å²) in [4.78, 5) is 12.9. The third kappa shape index (κ3) is 3.44. The number of carbonyl (C=O) groups is 1. The van der Waals surface area contributed by atoms with Crippen LogP contribution in [0.4, 0.5) is 0 Å². The zero-order valence-corrected chi connectivity index (χ0v) is 15.2. The Hall–Kier alpha value is -0.380. The third-order valence-electron chi connectivity index (χ3n) is 3.97. The largest absolute Gasteiger partial charge is 0.333 e. The molecular formula is C14H16Br2N2OS. The van der Waals surface area contributed by atoms with Crippen molar-refractivity contribution in [1.82, 2.24) is 5.32 Å². The monoisotopic (exact) mass is 418 g/mol. The number of hydrogen-bond acceptors (Lipinski definition) is 3. The topological polar surface area (TPSA) is 52.9 Å². The summed E-state index contributed by atoms with van der Waals surface area (Å²) >= 11 is 8.13. The molecule has 1 saturated carbocycles. The van der Waals surface area contributed by atoms with E-state index in [0.717, 1.165) is 40.4 Å². The van der Waals surface area contributed by atoms with E-state index in [9.17, 15) is 10.1 Å². The van der Waals surface area contributed by atoms with E-state index in [1.807, 2.05) is 0 Å². The van der Waals surface area contributed by atoms with Crippen LogP contribution in [0.1, 0.15) is 48.7 Å². The van der Waals surface area contributed by atoms with Gasteiger partial charge in [0.15, 0.2) is 0 Å². The van der Waals surface area contributed by atoms with E-state index in [-0.39, 0.29) is 5.91 Å². The molecule has 1 aliphatic rings. The maximum Gasteiger partial charge on any atom is 0.262 e. The Morgan fingerprint density at radius 3 is 2.65 bits per heavy atom. The molecule has 3 nitrogen and oxygen atoms in total. The van der Waals surface area contributed by atoms with Gasteiger partial charge in [0.2, 0.25) is 0 Å². The molecule has 1 N–H and O–H groups in total. The van der Waals surface area contributed by atoms with Gasteiger partial charge in [-0.05, 0) is 69.5 Å². The number of rotatable bonds is 3. The van der Waals surface area contributed by atoms with Gasteiger partial charge in [0.1, 0.15) is 5.54 Å². The molecule has 1 aliphatic carbocycles. The average molecular weight is 420 g/mol. The summed E-state index contributed by atoms with van der Waals surface area (Å²) in [7, 11) is 0. The van der Waals surface area contributed by atoms with Crippen LogP contribution < -0.4 is 5.32 Å². The van der Waals surface area contributed by atoms with Gasteiger partial charge in [-0.3, -0.25) is 4.79 Å². The van der Waals surface area contributed by atoms with Gasteiger partial charge in [-0.2, -0.15) is 5.26 Å². The zero-order chi connectivity index (χ0) is 14.8. The van der Waals surface area contributed by atoms with Crippen molar-refractivity contribution in [3.05, 3.63) is 19.2 Å². The molecule has 1 aromatic rings. The molecule has 1 aromatic heterocycles. The zero-order valence-electron chi connectivity index (χ0n) is 11.2. The predicted molar refractivity (Wildman–Crippen MR) is 87.8 cm³/mol. The molecule has 1 heterocycles. The highest BCUT2D eigenvalue weighted by molar-refractivity contribution is 9.13. The van der Waals surface area contributed by atoms with Gasteiger partial charge in [-0.1, -0.05) is 13.3 Å². The normalized spacial score (nSPS) is 26.0. The van der Waals surface area contributed by atoms with E-state index < -0.39 is 5.54 Å². The molecule has 0 radical (unpaired) electrons. The van der Waals surface area contributed by atoms with Crippen molar-refractivity contribution in [2.75, 3.05) is 0 Å². The molecule has 108 valence electrons. The Morgan fingerprint density at radius 1 is 1.55 bits per heavy atom. The van der Waals surface area contributed by atoms with Gasteiger partial charge in [0.25, 0.3) is 5.91 Å². The second kappa shape index (κ2) is 6.59. The first-order chi connectivity index (χ1) is 9.49. The quantitative estimate of drug-likeness (QED) is 0.759. The first kappa shape index (κ1) is 16.0. The highest BCUT2D eigenvalue weighted by Crippen LogP contribution is 2.35. The molecule has 20 heavy (non-hydrogen) atoms. The van der Waals surface area contributed by atoms with Crippen molar-refractivity contribution in [3.8, 4) is 6.07 Å². The molecule has 6 heteroatoms. The van der Waals surface area contributed by atoms with Crippen LogP contribution in [0.3, 0.4) is 0 Å². The van der Waals surface area contributed by atoms with Gasteiger partial charge in [-0.15, -0.1) is 11.3 Å². The number of thiophene rings is 1. The Labute approximate surface area is 140 Å². The predicted octanol–water partition coefficient (Wildman–Crippen LogP) is 4.87. The summed E-state index contributed by atoms with van der Waals surface area (Å²) in [6, 6.07) is 4.12. The minimum Gasteiger partial charge on any atom is -0.333 e. The number of nitrogens with one attached hydrogen (secondary N) is 1. The molecule has 2 rings (SSSR count). The van der Waals surface area contributed by atoms with Crippen molar-refractivity contribution >= 4 is 49.1 Å². The number of nitriles is 1. The fourth-order valence-electron chi connectivity index (χ4n) is 2.58. The van der Waals surface area contributed by atoms with Gasteiger partial charge in [0.05, 0.1) is 14.7 Å². The molecule has 0 aliphatic heterocycles. The number of halogens is 2. The second-order valence-electron chi connectivity index (χ2n) is 5.23. The van der Waals surface area contributed by atoms with Crippen molar-refractivity contribution in [3.63, 3.8) is 0 Å². The maximum atomic E-state index is 12.3. The van der Waals surface area contributed by atoms with Crippen LogP contribution in [0, 0.1) is 17.2 Å². The number of amides is 1. The van der Waals surface area contributed by atoms with Crippen LogP contribution in [0.2, 0.25) is 0 Å². The highest BCUT2D eigenvalue weighted by atomic mass is 79.9. The average Bonchev–Trinajstić information content (AvgIpc) is 2.79. The lowest BCUT2D eigenvalue weighted by molar-refractivity contribution is 0.0895. The fraction of sp³-hybridized carbons (Fsp3) is 0.571. The van der Waals surface area contributed by atoms with Crippen molar-refractivity contribution in [2.24, 2.45) is 5.92 Å². The molecule has 0 bridgehead atoms. The highest BCUT2D eigenvalue weighted by Gasteiger charge is 2.36. The van der Waals surface area contributed by atoms with Crippen LogP contribution >= 0.6 is 43.2 Å². The van der Waals surface area contributed by atoms with Gasteiger partial charge >= 0.3 is 0 Å². The molecule has 0 spiro atoms. The van der Waals surface area contributed by atoms with E-state index in [0.29, 0.717) is 10.8 Å². The Morgan fingerprint density at radius 2 is 2.20 bits per heavy atom. The van der Waals surface area contributed by atoms with Crippen LogP contribution in [0.15, 0.2) is 14.3 Å². The first-order valence-corrected chi connectivity index (χ1v) is 9.08. The van der Waals surface area contributed by atoms with Crippen molar-refractivity contribution in [1.29, 1.82) is 5.26 Å². The smallest absolute Gasteiger partial charge is 0.262 e. The molecule has 0 saturated heterocycles.